The van der Waals surface area contributed by atoms with E-state index in [1.807, 2.05) is 23.9 Å². The predicted molar refractivity (Wildman–Crippen MR) is 76.8 cm³/mol. The Bertz CT molecular complexity index is 328. The van der Waals surface area contributed by atoms with Gasteiger partial charge in [0.1, 0.15) is 5.75 Å². The molecule has 0 aliphatic heterocycles. The van der Waals surface area contributed by atoms with Crippen molar-refractivity contribution in [2.24, 2.45) is 11.7 Å². The molecule has 1 unspecified atom stereocenters. The second-order valence-corrected chi connectivity index (χ2v) is 5.82. The van der Waals surface area contributed by atoms with E-state index in [4.69, 9.17) is 10.5 Å². The fraction of sp³-hybridized carbons (Fsp3) is 0.571. The Morgan fingerprint density at radius 1 is 1.29 bits per heavy atom. The standard InChI is InChI=1S/C14H23NOS/c1-11(2)9-17-10-13(15)7-12-5-4-6-14(8-12)16-3/h4-6,8,11,13H,7,9-10,15H2,1-3H3. The number of nitrogens with two attached hydrogens (primary N) is 1. The molecule has 0 amide bonds. The van der Waals surface area contributed by atoms with Gasteiger partial charge in [-0.15, -0.1) is 0 Å². The third-order valence-corrected chi connectivity index (χ3v) is 3.98. The molecule has 0 aliphatic rings. The summed E-state index contributed by atoms with van der Waals surface area (Å²) in [6.07, 6.45) is 0.919. The van der Waals surface area contributed by atoms with Gasteiger partial charge in [-0.1, -0.05) is 26.0 Å². The van der Waals surface area contributed by atoms with Gasteiger partial charge in [0.05, 0.1) is 7.11 Å². The van der Waals surface area contributed by atoms with E-state index in [0.717, 1.165) is 23.8 Å². The molecule has 3 heteroatoms. The molecule has 17 heavy (non-hydrogen) atoms. The van der Waals surface area contributed by atoms with Gasteiger partial charge in [-0.3, -0.25) is 0 Å². The molecule has 0 heterocycles. The molecule has 0 aromatic heterocycles. The highest BCUT2D eigenvalue weighted by molar-refractivity contribution is 7.99. The van der Waals surface area contributed by atoms with Gasteiger partial charge in [0, 0.05) is 11.8 Å². The molecule has 1 aromatic rings. The van der Waals surface area contributed by atoms with E-state index in [2.05, 4.69) is 26.0 Å². The summed E-state index contributed by atoms with van der Waals surface area (Å²) in [6.45, 7) is 4.47. The van der Waals surface area contributed by atoms with E-state index in [9.17, 15) is 0 Å². The lowest BCUT2D eigenvalue weighted by Crippen LogP contribution is -2.26. The second-order valence-electron chi connectivity index (χ2n) is 4.75. The van der Waals surface area contributed by atoms with Crippen molar-refractivity contribution in [2.45, 2.75) is 26.3 Å². The van der Waals surface area contributed by atoms with E-state index < -0.39 is 0 Å². The van der Waals surface area contributed by atoms with Crippen LogP contribution in [0.2, 0.25) is 0 Å². The molecule has 0 aliphatic carbocycles. The minimum absolute atomic E-state index is 0.228. The molecular formula is C14H23NOS. The Labute approximate surface area is 109 Å². The van der Waals surface area contributed by atoms with Crippen molar-refractivity contribution in [3.05, 3.63) is 29.8 Å². The van der Waals surface area contributed by atoms with Crippen LogP contribution in [0, 0.1) is 5.92 Å². The first kappa shape index (κ1) is 14.4. The highest BCUT2D eigenvalue weighted by atomic mass is 32.2. The topological polar surface area (TPSA) is 35.2 Å². The zero-order chi connectivity index (χ0) is 12.7. The minimum atomic E-state index is 0.228. The van der Waals surface area contributed by atoms with Crippen molar-refractivity contribution >= 4 is 11.8 Å². The zero-order valence-corrected chi connectivity index (χ0v) is 11.8. The molecule has 0 saturated carbocycles. The summed E-state index contributed by atoms with van der Waals surface area (Å²) in [6, 6.07) is 8.37. The third kappa shape index (κ3) is 5.99. The second kappa shape index (κ2) is 7.62. The summed E-state index contributed by atoms with van der Waals surface area (Å²) < 4.78 is 5.20. The summed E-state index contributed by atoms with van der Waals surface area (Å²) in [5, 5.41) is 0. The van der Waals surface area contributed by atoms with Crippen molar-refractivity contribution in [2.75, 3.05) is 18.6 Å². The van der Waals surface area contributed by atoms with Crippen LogP contribution in [0.15, 0.2) is 24.3 Å². The predicted octanol–water partition coefficient (Wildman–Crippen LogP) is 2.95. The first-order valence-electron chi connectivity index (χ1n) is 6.08. The normalized spacial score (nSPS) is 12.8. The molecule has 0 saturated heterocycles. The molecule has 1 rings (SSSR count). The molecule has 0 fully saturated rings. The van der Waals surface area contributed by atoms with Crippen LogP contribution in [-0.4, -0.2) is 24.7 Å². The number of thioether (sulfide) groups is 1. The maximum absolute atomic E-state index is 6.12. The van der Waals surface area contributed by atoms with Crippen LogP contribution >= 0.6 is 11.8 Å². The van der Waals surface area contributed by atoms with Crippen molar-refractivity contribution in [1.82, 2.24) is 0 Å². The molecule has 2 N–H and O–H groups in total. The average Bonchev–Trinajstić information content (AvgIpc) is 2.28. The number of methoxy groups -OCH3 is 1. The summed E-state index contributed by atoms with van der Waals surface area (Å²) in [5.74, 6) is 3.86. The van der Waals surface area contributed by atoms with E-state index in [-0.39, 0.29) is 6.04 Å². The maximum atomic E-state index is 6.12. The van der Waals surface area contributed by atoms with E-state index in [1.165, 1.54) is 11.3 Å². The number of hydrogen-bond donors (Lipinski definition) is 1. The van der Waals surface area contributed by atoms with Crippen LogP contribution in [0.1, 0.15) is 19.4 Å². The Morgan fingerprint density at radius 3 is 2.71 bits per heavy atom. The monoisotopic (exact) mass is 253 g/mol. The van der Waals surface area contributed by atoms with Gasteiger partial charge < -0.3 is 10.5 Å². The first-order chi connectivity index (χ1) is 8.11. The van der Waals surface area contributed by atoms with Gasteiger partial charge in [-0.05, 0) is 35.8 Å². The van der Waals surface area contributed by atoms with E-state index >= 15 is 0 Å². The van der Waals surface area contributed by atoms with Gasteiger partial charge in [-0.25, -0.2) is 0 Å². The summed E-state index contributed by atoms with van der Waals surface area (Å²) in [4.78, 5) is 0. The molecule has 2 nitrogen and oxygen atoms in total. The van der Waals surface area contributed by atoms with Gasteiger partial charge >= 0.3 is 0 Å². The van der Waals surface area contributed by atoms with Gasteiger partial charge in [0.25, 0.3) is 0 Å². The van der Waals surface area contributed by atoms with Crippen LogP contribution in [-0.2, 0) is 6.42 Å². The minimum Gasteiger partial charge on any atom is -0.497 e. The van der Waals surface area contributed by atoms with Gasteiger partial charge in [0.2, 0.25) is 0 Å². The van der Waals surface area contributed by atoms with Crippen LogP contribution < -0.4 is 10.5 Å². The van der Waals surface area contributed by atoms with Crippen molar-refractivity contribution in [1.29, 1.82) is 0 Å². The molecule has 1 aromatic carbocycles. The van der Waals surface area contributed by atoms with Crippen molar-refractivity contribution < 1.29 is 4.74 Å². The molecule has 0 bridgehead atoms. The Kier molecular flexibility index (Phi) is 6.45. The lowest BCUT2D eigenvalue weighted by Gasteiger charge is -2.13. The van der Waals surface area contributed by atoms with E-state index in [1.54, 1.807) is 7.11 Å². The molecule has 1 atom stereocenters. The molecule has 0 spiro atoms. The van der Waals surface area contributed by atoms with Crippen LogP contribution in [0.5, 0.6) is 5.75 Å². The molecule has 0 radical (unpaired) electrons. The molecular weight excluding hydrogens is 230 g/mol. The smallest absolute Gasteiger partial charge is 0.119 e. The van der Waals surface area contributed by atoms with Gasteiger partial charge in [-0.2, -0.15) is 11.8 Å². The largest absolute Gasteiger partial charge is 0.497 e. The summed E-state index contributed by atoms with van der Waals surface area (Å²) in [5.41, 5.74) is 7.37. The third-order valence-electron chi connectivity index (χ3n) is 2.42. The molecule has 96 valence electrons. The SMILES string of the molecule is COc1cccc(CC(N)CSCC(C)C)c1. The summed E-state index contributed by atoms with van der Waals surface area (Å²) >= 11 is 1.94. The van der Waals surface area contributed by atoms with E-state index in [0.29, 0.717) is 0 Å². The van der Waals surface area contributed by atoms with Crippen LogP contribution in [0.25, 0.3) is 0 Å². The Balaban J connectivity index is 2.36. The fourth-order valence-corrected chi connectivity index (χ4v) is 2.64. The number of benzene rings is 1. The van der Waals surface area contributed by atoms with Crippen LogP contribution in [0.4, 0.5) is 0 Å². The summed E-state index contributed by atoms with van der Waals surface area (Å²) in [7, 11) is 1.69. The number of rotatable bonds is 7. The average molecular weight is 253 g/mol. The number of ether oxygens (including phenoxy) is 1. The quantitative estimate of drug-likeness (QED) is 0.811. The highest BCUT2D eigenvalue weighted by Gasteiger charge is 2.06. The van der Waals surface area contributed by atoms with Gasteiger partial charge in [0.15, 0.2) is 0 Å². The van der Waals surface area contributed by atoms with Crippen molar-refractivity contribution in [3.8, 4) is 5.75 Å². The first-order valence-corrected chi connectivity index (χ1v) is 7.23. The maximum Gasteiger partial charge on any atom is 0.119 e. The van der Waals surface area contributed by atoms with Crippen molar-refractivity contribution in [3.63, 3.8) is 0 Å². The highest BCUT2D eigenvalue weighted by Crippen LogP contribution is 2.15. The number of hydrogen-bond acceptors (Lipinski definition) is 3. The van der Waals surface area contributed by atoms with Crippen LogP contribution in [0.3, 0.4) is 0 Å². The fourth-order valence-electron chi connectivity index (χ4n) is 1.62. The Hall–Kier alpha value is -0.670. The lowest BCUT2D eigenvalue weighted by molar-refractivity contribution is 0.414. The lowest BCUT2D eigenvalue weighted by atomic mass is 10.1. The zero-order valence-electron chi connectivity index (χ0n) is 11.0. The Morgan fingerprint density at radius 2 is 2.06 bits per heavy atom.